The first kappa shape index (κ1) is 20.4. The van der Waals surface area contributed by atoms with Gasteiger partial charge in [0.2, 0.25) is 12.7 Å². The molecule has 1 fully saturated rings. The van der Waals surface area contributed by atoms with Crippen LogP contribution >= 0.6 is 0 Å². The molecule has 1 saturated heterocycles. The Morgan fingerprint density at radius 3 is 2.72 bits per heavy atom. The first-order valence-corrected chi connectivity index (χ1v) is 9.35. The Kier molecular flexibility index (Phi) is 5.62. The minimum absolute atomic E-state index is 0.107. The van der Waals surface area contributed by atoms with E-state index >= 15 is 0 Å². The maximum atomic E-state index is 12.8. The molecule has 0 bridgehead atoms. The summed E-state index contributed by atoms with van der Waals surface area (Å²) >= 11 is 0. The number of carbonyl (C=O) groups is 4. The molecule has 10 nitrogen and oxygen atoms in total. The lowest BCUT2D eigenvalue weighted by Gasteiger charge is -2.22. The van der Waals surface area contributed by atoms with Gasteiger partial charge in [-0.15, -0.1) is 0 Å². The number of imide groups is 2. The fraction of sp³-hybridized carbons (Fsp3) is 0.474. The van der Waals surface area contributed by atoms with Gasteiger partial charge in [0.15, 0.2) is 11.5 Å². The lowest BCUT2D eigenvalue weighted by molar-refractivity contribution is -0.134. The first-order valence-electron chi connectivity index (χ1n) is 9.35. The zero-order chi connectivity index (χ0) is 21.2. The fourth-order valence-electron chi connectivity index (χ4n) is 3.14. The summed E-state index contributed by atoms with van der Waals surface area (Å²) < 4.78 is 10.6. The zero-order valence-electron chi connectivity index (χ0n) is 16.5. The molecule has 1 aromatic carbocycles. The van der Waals surface area contributed by atoms with Gasteiger partial charge in [-0.1, -0.05) is 13.0 Å². The molecule has 10 heteroatoms. The summed E-state index contributed by atoms with van der Waals surface area (Å²) in [5, 5.41) is 7.34. The SMILES string of the molecule is CC[C@@H](C)NC(=O)NC(=O)CN1C(=O)N[C@](C)(Cc2ccc3c(c2)OCO3)C1=O. The van der Waals surface area contributed by atoms with Crippen LogP contribution < -0.4 is 25.4 Å². The molecule has 29 heavy (non-hydrogen) atoms. The van der Waals surface area contributed by atoms with Crippen LogP contribution in [0.5, 0.6) is 11.5 Å². The summed E-state index contributed by atoms with van der Waals surface area (Å²) in [6.45, 7) is 4.87. The molecule has 0 aliphatic carbocycles. The highest BCUT2D eigenvalue weighted by molar-refractivity contribution is 6.09. The highest BCUT2D eigenvalue weighted by Crippen LogP contribution is 2.34. The third-order valence-electron chi connectivity index (χ3n) is 4.88. The van der Waals surface area contributed by atoms with Crippen LogP contribution in [0.25, 0.3) is 0 Å². The number of benzene rings is 1. The van der Waals surface area contributed by atoms with E-state index < -0.39 is 36.0 Å². The van der Waals surface area contributed by atoms with Crippen molar-refractivity contribution in [2.45, 2.75) is 45.2 Å². The van der Waals surface area contributed by atoms with Gasteiger partial charge < -0.3 is 20.1 Å². The molecule has 0 saturated carbocycles. The largest absolute Gasteiger partial charge is 0.454 e. The monoisotopic (exact) mass is 404 g/mol. The van der Waals surface area contributed by atoms with E-state index in [4.69, 9.17) is 9.47 Å². The van der Waals surface area contributed by atoms with Crippen LogP contribution in [0.3, 0.4) is 0 Å². The number of urea groups is 2. The molecule has 2 aliphatic rings. The van der Waals surface area contributed by atoms with E-state index in [0.717, 1.165) is 10.5 Å². The number of rotatable bonds is 6. The van der Waals surface area contributed by atoms with Gasteiger partial charge in [-0.25, -0.2) is 9.59 Å². The van der Waals surface area contributed by atoms with Crippen molar-refractivity contribution in [3.63, 3.8) is 0 Å². The van der Waals surface area contributed by atoms with Crippen LogP contribution in [-0.2, 0) is 16.0 Å². The van der Waals surface area contributed by atoms with Crippen molar-refractivity contribution in [2.75, 3.05) is 13.3 Å². The number of hydrogen-bond acceptors (Lipinski definition) is 6. The Morgan fingerprint density at radius 1 is 1.28 bits per heavy atom. The Morgan fingerprint density at radius 2 is 2.00 bits per heavy atom. The van der Waals surface area contributed by atoms with Crippen LogP contribution in [0.15, 0.2) is 18.2 Å². The van der Waals surface area contributed by atoms with Crippen molar-refractivity contribution in [1.29, 1.82) is 0 Å². The summed E-state index contributed by atoms with van der Waals surface area (Å²) in [4.78, 5) is 49.8. The lowest BCUT2D eigenvalue weighted by atomic mass is 9.92. The van der Waals surface area contributed by atoms with Crippen LogP contribution in [-0.4, -0.2) is 53.7 Å². The number of ether oxygens (including phenoxy) is 2. The second-order valence-corrected chi connectivity index (χ2v) is 7.35. The van der Waals surface area contributed by atoms with Crippen LogP contribution in [0, 0.1) is 0 Å². The average Bonchev–Trinajstić information content (AvgIpc) is 3.19. The van der Waals surface area contributed by atoms with Crippen molar-refractivity contribution < 1.29 is 28.7 Å². The third-order valence-corrected chi connectivity index (χ3v) is 4.88. The topological polar surface area (TPSA) is 126 Å². The molecule has 0 spiro atoms. The molecule has 3 rings (SSSR count). The van der Waals surface area contributed by atoms with Gasteiger partial charge in [-0.3, -0.25) is 19.8 Å². The number of fused-ring (bicyclic) bond motifs is 1. The molecule has 0 radical (unpaired) electrons. The van der Waals surface area contributed by atoms with E-state index in [1.807, 2.05) is 6.92 Å². The predicted molar refractivity (Wildman–Crippen MR) is 101 cm³/mol. The van der Waals surface area contributed by atoms with E-state index in [2.05, 4.69) is 16.0 Å². The Labute approximate surface area is 167 Å². The van der Waals surface area contributed by atoms with Gasteiger partial charge in [-0.05, 0) is 38.0 Å². The maximum absolute atomic E-state index is 12.8. The standard InChI is InChI=1S/C19H24N4O6/c1-4-11(2)20-17(26)21-15(24)9-23-16(25)19(3,22-18(23)27)8-12-5-6-13-14(7-12)29-10-28-13/h5-7,11H,4,8-10H2,1-3H3,(H,22,27)(H2,20,21,24,26)/t11-,19-/m1/s1. The minimum atomic E-state index is -1.22. The molecular formula is C19H24N4O6. The summed E-state index contributed by atoms with van der Waals surface area (Å²) in [6, 6.07) is 3.82. The molecule has 1 aromatic rings. The van der Waals surface area contributed by atoms with Crippen molar-refractivity contribution >= 4 is 23.9 Å². The van der Waals surface area contributed by atoms with Gasteiger partial charge in [0.1, 0.15) is 12.1 Å². The van der Waals surface area contributed by atoms with Crippen molar-refractivity contribution in [1.82, 2.24) is 20.9 Å². The van der Waals surface area contributed by atoms with Crippen molar-refractivity contribution in [2.24, 2.45) is 0 Å². The molecule has 2 aliphatic heterocycles. The van der Waals surface area contributed by atoms with Crippen molar-refractivity contribution in [3.05, 3.63) is 23.8 Å². The smallest absolute Gasteiger partial charge is 0.325 e. The summed E-state index contributed by atoms with van der Waals surface area (Å²) in [7, 11) is 0. The number of nitrogens with one attached hydrogen (secondary N) is 3. The summed E-state index contributed by atoms with van der Waals surface area (Å²) in [5.41, 5.74) is -0.450. The van der Waals surface area contributed by atoms with Gasteiger partial charge in [0, 0.05) is 12.5 Å². The van der Waals surface area contributed by atoms with E-state index in [9.17, 15) is 19.2 Å². The van der Waals surface area contributed by atoms with Gasteiger partial charge in [0.05, 0.1) is 0 Å². The van der Waals surface area contributed by atoms with E-state index in [-0.39, 0.29) is 19.3 Å². The Bertz CT molecular complexity index is 857. The van der Waals surface area contributed by atoms with Gasteiger partial charge >= 0.3 is 12.1 Å². The second kappa shape index (κ2) is 7.98. The fourth-order valence-corrected chi connectivity index (χ4v) is 3.14. The highest BCUT2D eigenvalue weighted by Gasteiger charge is 2.48. The Hall–Kier alpha value is -3.30. The maximum Gasteiger partial charge on any atom is 0.325 e. The molecule has 156 valence electrons. The van der Waals surface area contributed by atoms with Crippen LogP contribution in [0.1, 0.15) is 32.8 Å². The second-order valence-electron chi connectivity index (χ2n) is 7.35. The molecule has 6 amide bonds. The number of hydrogen-bond donors (Lipinski definition) is 3. The molecule has 2 atom stereocenters. The molecule has 0 aromatic heterocycles. The van der Waals surface area contributed by atoms with E-state index in [0.29, 0.717) is 17.9 Å². The predicted octanol–water partition coefficient (Wildman–Crippen LogP) is 0.893. The normalized spacial score (nSPS) is 21.0. The van der Waals surface area contributed by atoms with Crippen molar-refractivity contribution in [3.8, 4) is 11.5 Å². The lowest BCUT2D eigenvalue weighted by Crippen LogP contribution is -2.49. The Balaban J connectivity index is 1.62. The highest BCUT2D eigenvalue weighted by atomic mass is 16.7. The zero-order valence-corrected chi connectivity index (χ0v) is 16.5. The molecule has 2 heterocycles. The van der Waals surface area contributed by atoms with Crippen LogP contribution in [0.4, 0.5) is 9.59 Å². The quantitative estimate of drug-likeness (QED) is 0.605. The molecule has 3 N–H and O–H groups in total. The summed E-state index contributed by atoms with van der Waals surface area (Å²) in [6.07, 6.45) is 0.910. The third kappa shape index (κ3) is 4.41. The molecular weight excluding hydrogens is 380 g/mol. The molecule has 0 unspecified atom stereocenters. The average molecular weight is 404 g/mol. The first-order chi connectivity index (χ1) is 13.7. The van der Waals surface area contributed by atoms with E-state index in [1.165, 1.54) is 0 Å². The van der Waals surface area contributed by atoms with E-state index in [1.54, 1.807) is 32.0 Å². The number of nitrogens with zero attached hydrogens (tertiary/aromatic N) is 1. The van der Waals surface area contributed by atoms with Gasteiger partial charge in [0.25, 0.3) is 5.91 Å². The van der Waals surface area contributed by atoms with Gasteiger partial charge in [-0.2, -0.15) is 0 Å². The van der Waals surface area contributed by atoms with Crippen LogP contribution in [0.2, 0.25) is 0 Å². The number of amides is 6. The summed E-state index contributed by atoms with van der Waals surface area (Å²) in [5.74, 6) is -0.0969. The number of carbonyl (C=O) groups excluding carboxylic acids is 4. The minimum Gasteiger partial charge on any atom is -0.454 e.